The summed E-state index contributed by atoms with van der Waals surface area (Å²) in [4.78, 5) is 8.62. The van der Waals surface area contributed by atoms with Crippen LogP contribution < -0.4 is 5.73 Å². The van der Waals surface area contributed by atoms with E-state index in [1.165, 1.54) is 0 Å². The van der Waals surface area contributed by atoms with Gasteiger partial charge in [0.25, 0.3) is 0 Å². The maximum absolute atomic E-state index is 5.74. The van der Waals surface area contributed by atoms with Gasteiger partial charge in [-0.1, -0.05) is 18.2 Å². The molecule has 0 radical (unpaired) electrons. The average Bonchev–Trinajstić information content (AvgIpc) is 3.05. The second-order valence-corrected chi connectivity index (χ2v) is 5.43. The third kappa shape index (κ3) is 2.49. The molecule has 0 bridgehead atoms. The molecule has 0 saturated carbocycles. The molecule has 0 aliphatic heterocycles. The minimum absolute atomic E-state index is 0.538. The summed E-state index contributed by atoms with van der Waals surface area (Å²) in [6.07, 6.45) is 7.56. The number of pyridine rings is 2. The fourth-order valence-electron chi connectivity index (χ4n) is 2.78. The first kappa shape index (κ1) is 13.7. The molecule has 1 aromatic carbocycles. The summed E-state index contributed by atoms with van der Waals surface area (Å²) >= 11 is 0. The van der Waals surface area contributed by atoms with Gasteiger partial charge in [0.15, 0.2) is 0 Å². The summed E-state index contributed by atoms with van der Waals surface area (Å²) in [5, 5.41) is 0. The summed E-state index contributed by atoms with van der Waals surface area (Å²) in [7, 11) is 0. The predicted molar refractivity (Wildman–Crippen MR) is 91.8 cm³/mol. The zero-order valence-corrected chi connectivity index (χ0v) is 12.6. The van der Waals surface area contributed by atoms with Crippen LogP contribution in [0, 0.1) is 0 Å². The van der Waals surface area contributed by atoms with Crippen molar-refractivity contribution in [2.75, 3.05) is 0 Å². The molecule has 0 unspecified atom stereocenters. The molecule has 112 valence electrons. The highest BCUT2D eigenvalue weighted by atomic mass is 15.0. The molecular weight excluding hydrogens is 284 g/mol. The van der Waals surface area contributed by atoms with Gasteiger partial charge in [-0.15, -0.1) is 0 Å². The Morgan fingerprint density at radius 2 is 1.78 bits per heavy atom. The highest BCUT2D eigenvalue weighted by Crippen LogP contribution is 2.25. The quantitative estimate of drug-likeness (QED) is 0.630. The number of aromatic nitrogens is 3. The number of rotatable bonds is 3. The Balaban J connectivity index is 1.81. The number of imidazole rings is 1. The van der Waals surface area contributed by atoms with Crippen LogP contribution in [0.25, 0.3) is 28.0 Å². The molecule has 4 aromatic rings. The van der Waals surface area contributed by atoms with Gasteiger partial charge >= 0.3 is 0 Å². The summed E-state index contributed by atoms with van der Waals surface area (Å²) < 4.78 is 2.10. The lowest BCUT2D eigenvalue weighted by Gasteiger charge is -2.06. The molecular formula is C19H16N4. The summed E-state index contributed by atoms with van der Waals surface area (Å²) in [6, 6.07) is 16.4. The Labute approximate surface area is 134 Å². The van der Waals surface area contributed by atoms with Crippen LogP contribution in [-0.2, 0) is 6.54 Å². The Morgan fingerprint density at radius 1 is 0.913 bits per heavy atom. The molecule has 4 nitrogen and oxygen atoms in total. The lowest BCUT2D eigenvalue weighted by atomic mass is 10.1. The minimum Gasteiger partial charge on any atom is -0.326 e. The van der Waals surface area contributed by atoms with Crippen molar-refractivity contribution in [2.45, 2.75) is 6.54 Å². The van der Waals surface area contributed by atoms with E-state index in [1.54, 1.807) is 12.4 Å². The lowest BCUT2D eigenvalue weighted by Crippen LogP contribution is -1.96. The van der Waals surface area contributed by atoms with Crippen molar-refractivity contribution in [3.05, 3.63) is 78.9 Å². The molecule has 3 heterocycles. The van der Waals surface area contributed by atoms with Crippen molar-refractivity contribution in [3.63, 3.8) is 0 Å². The van der Waals surface area contributed by atoms with Crippen molar-refractivity contribution in [1.82, 2.24) is 14.4 Å². The van der Waals surface area contributed by atoms with E-state index in [-0.39, 0.29) is 0 Å². The highest BCUT2D eigenvalue weighted by Gasteiger charge is 2.07. The van der Waals surface area contributed by atoms with Crippen molar-refractivity contribution < 1.29 is 0 Å². The molecule has 0 fully saturated rings. The van der Waals surface area contributed by atoms with Gasteiger partial charge in [-0.25, -0.2) is 4.98 Å². The Kier molecular flexibility index (Phi) is 3.37. The van der Waals surface area contributed by atoms with Crippen LogP contribution in [-0.4, -0.2) is 14.4 Å². The maximum Gasteiger partial charge on any atom is 0.137 e. The second kappa shape index (κ2) is 5.66. The van der Waals surface area contributed by atoms with Gasteiger partial charge in [0.1, 0.15) is 5.65 Å². The molecule has 4 heteroatoms. The SMILES string of the molecule is NCc1cccc(-c2cnc3cc(-c4ccncc4)ccn23)c1. The first-order valence-corrected chi connectivity index (χ1v) is 7.52. The average molecular weight is 300 g/mol. The molecule has 0 aliphatic rings. The largest absolute Gasteiger partial charge is 0.326 e. The van der Waals surface area contributed by atoms with Gasteiger partial charge in [0, 0.05) is 30.7 Å². The van der Waals surface area contributed by atoms with Gasteiger partial charge in [-0.3, -0.25) is 9.38 Å². The Morgan fingerprint density at radius 3 is 2.61 bits per heavy atom. The van der Waals surface area contributed by atoms with Gasteiger partial charge in [-0.05, 0) is 47.0 Å². The van der Waals surface area contributed by atoms with E-state index < -0.39 is 0 Å². The van der Waals surface area contributed by atoms with Crippen molar-refractivity contribution >= 4 is 5.65 Å². The van der Waals surface area contributed by atoms with Crippen LogP contribution in [0.3, 0.4) is 0 Å². The molecule has 3 aromatic heterocycles. The fraction of sp³-hybridized carbons (Fsp3) is 0.0526. The van der Waals surface area contributed by atoms with Crippen LogP contribution in [0.4, 0.5) is 0 Å². The number of hydrogen-bond acceptors (Lipinski definition) is 3. The molecule has 4 rings (SSSR count). The van der Waals surface area contributed by atoms with E-state index in [4.69, 9.17) is 5.73 Å². The fourth-order valence-corrected chi connectivity index (χ4v) is 2.78. The Bertz CT molecular complexity index is 957. The van der Waals surface area contributed by atoms with E-state index in [9.17, 15) is 0 Å². The molecule has 2 N–H and O–H groups in total. The zero-order valence-electron chi connectivity index (χ0n) is 12.6. The first-order valence-electron chi connectivity index (χ1n) is 7.52. The van der Waals surface area contributed by atoms with E-state index in [0.717, 1.165) is 33.6 Å². The number of nitrogens with zero attached hydrogens (tertiary/aromatic N) is 3. The van der Waals surface area contributed by atoms with Crippen molar-refractivity contribution in [2.24, 2.45) is 5.73 Å². The van der Waals surface area contributed by atoms with Gasteiger partial charge in [0.2, 0.25) is 0 Å². The molecule has 23 heavy (non-hydrogen) atoms. The normalized spacial score (nSPS) is 11.0. The molecule has 0 saturated heterocycles. The molecule has 0 aliphatic carbocycles. The topological polar surface area (TPSA) is 56.2 Å². The maximum atomic E-state index is 5.74. The van der Waals surface area contributed by atoms with E-state index in [1.807, 2.05) is 30.5 Å². The predicted octanol–water partition coefficient (Wildman–Crippen LogP) is 3.52. The van der Waals surface area contributed by atoms with E-state index >= 15 is 0 Å². The van der Waals surface area contributed by atoms with Gasteiger partial charge < -0.3 is 5.73 Å². The third-order valence-corrected chi connectivity index (χ3v) is 3.99. The van der Waals surface area contributed by atoms with E-state index in [0.29, 0.717) is 6.54 Å². The number of nitrogens with two attached hydrogens (primary N) is 1. The standard InChI is InChI=1S/C19H16N4/c20-12-14-2-1-3-17(10-14)18-13-22-19-11-16(6-9-23(18)19)15-4-7-21-8-5-15/h1-11,13H,12,20H2. The first-order chi connectivity index (χ1) is 11.3. The highest BCUT2D eigenvalue weighted by molar-refractivity contribution is 5.70. The van der Waals surface area contributed by atoms with Gasteiger partial charge in [-0.2, -0.15) is 0 Å². The van der Waals surface area contributed by atoms with Crippen molar-refractivity contribution in [1.29, 1.82) is 0 Å². The van der Waals surface area contributed by atoms with Gasteiger partial charge in [0.05, 0.1) is 11.9 Å². The van der Waals surface area contributed by atoms with Crippen molar-refractivity contribution in [3.8, 4) is 22.4 Å². The summed E-state index contributed by atoms with van der Waals surface area (Å²) in [5.74, 6) is 0. The smallest absolute Gasteiger partial charge is 0.137 e. The minimum atomic E-state index is 0.538. The number of benzene rings is 1. The van der Waals surface area contributed by atoms with Crippen LogP contribution in [0.1, 0.15) is 5.56 Å². The summed E-state index contributed by atoms with van der Waals surface area (Å²) in [5.41, 5.74) is 12.2. The monoisotopic (exact) mass is 300 g/mol. The van der Waals surface area contributed by atoms with Crippen LogP contribution >= 0.6 is 0 Å². The lowest BCUT2D eigenvalue weighted by molar-refractivity contribution is 1.07. The zero-order chi connectivity index (χ0) is 15.6. The molecule has 0 amide bonds. The van der Waals surface area contributed by atoms with Crippen LogP contribution in [0.5, 0.6) is 0 Å². The summed E-state index contributed by atoms with van der Waals surface area (Å²) in [6.45, 7) is 0.538. The third-order valence-electron chi connectivity index (χ3n) is 3.99. The number of fused-ring (bicyclic) bond motifs is 1. The molecule has 0 atom stereocenters. The number of hydrogen-bond donors (Lipinski definition) is 1. The molecule has 0 spiro atoms. The van der Waals surface area contributed by atoms with E-state index in [2.05, 4.69) is 44.8 Å². The van der Waals surface area contributed by atoms with Crippen LogP contribution in [0.15, 0.2) is 73.3 Å². The second-order valence-electron chi connectivity index (χ2n) is 5.43. The Hall–Kier alpha value is -2.98. The van der Waals surface area contributed by atoms with Crippen LogP contribution in [0.2, 0.25) is 0 Å².